The predicted molar refractivity (Wildman–Crippen MR) is 81.4 cm³/mol. The van der Waals surface area contributed by atoms with Gasteiger partial charge in [-0.1, -0.05) is 23.7 Å². The molecule has 20 heavy (non-hydrogen) atoms. The van der Waals surface area contributed by atoms with Gasteiger partial charge in [-0.05, 0) is 41.5 Å². The average Bonchev–Trinajstić information content (AvgIpc) is 2.89. The maximum absolute atomic E-state index is 8.90. The van der Waals surface area contributed by atoms with E-state index in [4.69, 9.17) is 22.6 Å². The van der Waals surface area contributed by atoms with Crippen molar-refractivity contribution in [3.05, 3.63) is 58.6 Å². The molecule has 3 aromatic rings. The van der Waals surface area contributed by atoms with Gasteiger partial charge in [-0.3, -0.25) is 0 Å². The van der Waals surface area contributed by atoms with Crippen molar-refractivity contribution in [2.45, 2.75) is 6.54 Å². The topological polar surface area (TPSA) is 65.6 Å². The zero-order valence-corrected chi connectivity index (χ0v) is 11.4. The summed E-state index contributed by atoms with van der Waals surface area (Å²) in [6, 6.07) is 15.6. The number of aromatic nitrogens is 1. The van der Waals surface area contributed by atoms with Gasteiger partial charge < -0.3 is 10.7 Å². The molecule has 0 radical (unpaired) electrons. The largest absolute Gasteiger partial charge is 0.355 e. The lowest BCUT2D eigenvalue weighted by molar-refractivity contribution is 1.08. The van der Waals surface area contributed by atoms with Crippen LogP contribution in [0, 0.1) is 11.3 Å². The molecule has 0 aliphatic rings. The second kappa shape index (κ2) is 5.01. The highest BCUT2D eigenvalue weighted by atomic mass is 35.5. The van der Waals surface area contributed by atoms with E-state index < -0.39 is 0 Å². The van der Waals surface area contributed by atoms with Crippen LogP contribution in [0.1, 0.15) is 11.1 Å². The van der Waals surface area contributed by atoms with E-state index in [1.165, 1.54) is 0 Å². The fourth-order valence-electron chi connectivity index (χ4n) is 2.24. The lowest BCUT2D eigenvalue weighted by Gasteiger charge is -2.00. The number of H-pyrrole nitrogens is 1. The van der Waals surface area contributed by atoms with Crippen molar-refractivity contribution in [1.29, 1.82) is 5.26 Å². The molecule has 0 fully saturated rings. The van der Waals surface area contributed by atoms with E-state index in [1.54, 1.807) is 12.1 Å². The third kappa shape index (κ3) is 2.16. The van der Waals surface area contributed by atoms with Crippen molar-refractivity contribution < 1.29 is 0 Å². The number of nitrogens with one attached hydrogen (secondary N) is 1. The zero-order valence-electron chi connectivity index (χ0n) is 10.7. The second-order valence-corrected chi connectivity index (χ2v) is 5.02. The number of rotatable bonds is 2. The summed E-state index contributed by atoms with van der Waals surface area (Å²) in [6.45, 7) is 0.527. The van der Waals surface area contributed by atoms with E-state index in [2.05, 4.69) is 23.2 Å². The van der Waals surface area contributed by atoms with Crippen LogP contribution in [-0.2, 0) is 6.54 Å². The van der Waals surface area contributed by atoms with Crippen LogP contribution in [0.4, 0.5) is 0 Å². The first-order valence-corrected chi connectivity index (χ1v) is 6.61. The van der Waals surface area contributed by atoms with Gasteiger partial charge in [0, 0.05) is 23.1 Å². The quantitative estimate of drug-likeness (QED) is 0.750. The maximum atomic E-state index is 8.90. The molecule has 0 unspecified atom stereocenters. The van der Waals surface area contributed by atoms with E-state index in [1.807, 2.05) is 18.2 Å². The number of nitriles is 1. The highest BCUT2D eigenvalue weighted by Crippen LogP contribution is 2.28. The molecule has 0 aliphatic heterocycles. The Kier molecular flexibility index (Phi) is 3.19. The smallest absolute Gasteiger partial charge is 0.101 e. The molecular weight excluding hydrogens is 270 g/mol. The highest BCUT2D eigenvalue weighted by Gasteiger charge is 2.06. The molecular formula is C16H12ClN3. The van der Waals surface area contributed by atoms with Crippen LogP contribution in [0.3, 0.4) is 0 Å². The summed E-state index contributed by atoms with van der Waals surface area (Å²) in [5, 5.41) is 10.5. The molecule has 0 amide bonds. The SMILES string of the molecule is N#Cc1ccc(-c2cc3cc(CN)ccc3[nH]2)cc1Cl. The van der Waals surface area contributed by atoms with Gasteiger partial charge in [0.15, 0.2) is 0 Å². The van der Waals surface area contributed by atoms with Gasteiger partial charge in [-0.15, -0.1) is 0 Å². The van der Waals surface area contributed by atoms with Crippen molar-refractivity contribution in [3.63, 3.8) is 0 Å². The van der Waals surface area contributed by atoms with E-state index in [9.17, 15) is 0 Å². The Morgan fingerprint density at radius 2 is 2.00 bits per heavy atom. The Balaban J connectivity index is 2.10. The summed E-state index contributed by atoms with van der Waals surface area (Å²) in [5.74, 6) is 0. The van der Waals surface area contributed by atoms with Crippen LogP contribution in [-0.4, -0.2) is 4.98 Å². The molecule has 0 atom stereocenters. The lowest BCUT2D eigenvalue weighted by Crippen LogP contribution is -1.94. The van der Waals surface area contributed by atoms with Crippen molar-refractivity contribution in [3.8, 4) is 17.3 Å². The first kappa shape index (κ1) is 12.7. The van der Waals surface area contributed by atoms with Gasteiger partial charge in [0.2, 0.25) is 0 Å². The summed E-state index contributed by atoms with van der Waals surface area (Å²) in [4.78, 5) is 3.35. The monoisotopic (exact) mass is 281 g/mol. The molecule has 0 bridgehead atoms. The number of aromatic amines is 1. The van der Waals surface area contributed by atoms with Gasteiger partial charge in [-0.25, -0.2) is 0 Å². The van der Waals surface area contributed by atoms with Crippen LogP contribution in [0.15, 0.2) is 42.5 Å². The Hall–Kier alpha value is -2.28. The Morgan fingerprint density at radius 1 is 1.15 bits per heavy atom. The normalized spacial score (nSPS) is 10.7. The van der Waals surface area contributed by atoms with Crippen LogP contribution < -0.4 is 5.73 Å². The summed E-state index contributed by atoms with van der Waals surface area (Å²) >= 11 is 6.07. The molecule has 3 nitrogen and oxygen atoms in total. The van der Waals surface area contributed by atoms with E-state index in [0.717, 1.165) is 27.7 Å². The standard InChI is InChI=1S/C16H12ClN3/c17-14-6-11(2-3-12(14)9-19)16-7-13-5-10(8-18)1-4-15(13)20-16/h1-7,20H,8,18H2. The van der Waals surface area contributed by atoms with E-state index in [0.29, 0.717) is 17.1 Å². The Labute approximate surface area is 121 Å². The zero-order chi connectivity index (χ0) is 14.1. The van der Waals surface area contributed by atoms with Crippen LogP contribution >= 0.6 is 11.6 Å². The minimum Gasteiger partial charge on any atom is -0.355 e. The minimum atomic E-state index is 0.464. The Bertz CT molecular complexity index is 827. The number of nitrogens with two attached hydrogens (primary N) is 1. The third-order valence-electron chi connectivity index (χ3n) is 3.32. The number of nitrogens with zero attached hydrogens (tertiary/aromatic N) is 1. The average molecular weight is 282 g/mol. The summed E-state index contributed by atoms with van der Waals surface area (Å²) in [7, 11) is 0. The van der Waals surface area contributed by atoms with Crippen molar-refractivity contribution in [1.82, 2.24) is 4.98 Å². The van der Waals surface area contributed by atoms with Crippen LogP contribution in [0.25, 0.3) is 22.2 Å². The molecule has 0 spiro atoms. The summed E-state index contributed by atoms with van der Waals surface area (Å²) < 4.78 is 0. The third-order valence-corrected chi connectivity index (χ3v) is 3.63. The first-order chi connectivity index (χ1) is 9.71. The summed E-state index contributed by atoms with van der Waals surface area (Å²) in [5.41, 5.74) is 10.2. The predicted octanol–water partition coefficient (Wildman–Crippen LogP) is 3.82. The van der Waals surface area contributed by atoms with Crippen LogP contribution in [0.5, 0.6) is 0 Å². The van der Waals surface area contributed by atoms with Crippen molar-refractivity contribution in [2.75, 3.05) is 0 Å². The van der Waals surface area contributed by atoms with Gasteiger partial charge in [0.1, 0.15) is 6.07 Å². The number of hydrogen-bond acceptors (Lipinski definition) is 2. The van der Waals surface area contributed by atoms with Gasteiger partial charge in [0.05, 0.1) is 10.6 Å². The highest BCUT2D eigenvalue weighted by molar-refractivity contribution is 6.32. The molecule has 2 aromatic carbocycles. The van der Waals surface area contributed by atoms with Gasteiger partial charge >= 0.3 is 0 Å². The minimum absolute atomic E-state index is 0.464. The van der Waals surface area contributed by atoms with E-state index >= 15 is 0 Å². The van der Waals surface area contributed by atoms with Crippen molar-refractivity contribution in [2.24, 2.45) is 5.73 Å². The number of halogens is 1. The lowest BCUT2D eigenvalue weighted by atomic mass is 10.1. The van der Waals surface area contributed by atoms with Crippen molar-refractivity contribution >= 4 is 22.5 Å². The second-order valence-electron chi connectivity index (χ2n) is 4.62. The molecule has 3 N–H and O–H groups in total. The van der Waals surface area contributed by atoms with E-state index in [-0.39, 0.29) is 0 Å². The molecule has 0 saturated carbocycles. The molecule has 1 aromatic heterocycles. The Morgan fingerprint density at radius 3 is 2.70 bits per heavy atom. The number of fused-ring (bicyclic) bond motifs is 1. The fraction of sp³-hybridized carbons (Fsp3) is 0.0625. The first-order valence-electron chi connectivity index (χ1n) is 6.23. The molecule has 1 heterocycles. The van der Waals surface area contributed by atoms with Crippen LogP contribution in [0.2, 0.25) is 5.02 Å². The summed E-state index contributed by atoms with van der Waals surface area (Å²) in [6.07, 6.45) is 0. The fourth-order valence-corrected chi connectivity index (χ4v) is 2.46. The molecule has 3 rings (SSSR count). The molecule has 0 saturated heterocycles. The molecule has 0 aliphatic carbocycles. The number of hydrogen-bond donors (Lipinski definition) is 2. The van der Waals surface area contributed by atoms with Gasteiger partial charge in [-0.2, -0.15) is 5.26 Å². The van der Waals surface area contributed by atoms with Gasteiger partial charge in [0.25, 0.3) is 0 Å². The molecule has 98 valence electrons. The number of benzene rings is 2. The molecule has 4 heteroatoms. The maximum Gasteiger partial charge on any atom is 0.101 e.